The highest BCUT2D eigenvalue weighted by molar-refractivity contribution is 14.0. The molecule has 0 aromatic carbocycles. The number of nitrogens with one attached hydrogen (secondary N) is 2. The van der Waals surface area contributed by atoms with Crippen LogP contribution in [0, 0.1) is 6.92 Å². The van der Waals surface area contributed by atoms with Gasteiger partial charge < -0.3 is 20.1 Å². The van der Waals surface area contributed by atoms with Gasteiger partial charge in [-0.05, 0) is 51.0 Å². The zero-order chi connectivity index (χ0) is 20.5. The molecule has 0 spiro atoms. The number of guanidine groups is 1. The summed E-state index contributed by atoms with van der Waals surface area (Å²) in [5.41, 5.74) is 0. The standard InChI is InChI=1S/C21H39N7S.HI/c1-17-25-26-20(27(17)2)16-23-21(22-12-7-15-29-3)24-18-10-13-28(14-11-18)19-8-5-4-6-9-19;/h18-19H,4-16H2,1-3H3,(H2,22,23,24);1H. The summed E-state index contributed by atoms with van der Waals surface area (Å²) in [6.45, 7) is 5.90. The van der Waals surface area contributed by atoms with E-state index in [4.69, 9.17) is 4.99 Å². The van der Waals surface area contributed by atoms with E-state index in [2.05, 4.69) is 32.0 Å². The zero-order valence-electron chi connectivity index (χ0n) is 18.9. The van der Waals surface area contributed by atoms with Gasteiger partial charge in [0, 0.05) is 38.8 Å². The van der Waals surface area contributed by atoms with Crippen molar-refractivity contribution in [1.82, 2.24) is 30.3 Å². The minimum atomic E-state index is 0. The molecule has 2 aliphatic rings. The van der Waals surface area contributed by atoms with Crippen molar-refractivity contribution in [2.45, 2.75) is 76.9 Å². The van der Waals surface area contributed by atoms with E-state index in [9.17, 15) is 0 Å². The van der Waals surface area contributed by atoms with Crippen LogP contribution >= 0.6 is 35.7 Å². The molecule has 0 unspecified atom stereocenters. The summed E-state index contributed by atoms with van der Waals surface area (Å²) in [6, 6.07) is 1.34. The topological polar surface area (TPSA) is 70.4 Å². The van der Waals surface area contributed by atoms with Gasteiger partial charge in [0.15, 0.2) is 11.8 Å². The molecule has 1 aliphatic carbocycles. The summed E-state index contributed by atoms with van der Waals surface area (Å²) in [7, 11) is 2.00. The van der Waals surface area contributed by atoms with E-state index >= 15 is 0 Å². The highest BCUT2D eigenvalue weighted by Crippen LogP contribution is 2.25. The van der Waals surface area contributed by atoms with E-state index in [1.807, 2.05) is 30.3 Å². The van der Waals surface area contributed by atoms with Gasteiger partial charge in [0.25, 0.3) is 0 Å². The Balaban J connectivity index is 0.00000320. The van der Waals surface area contributed by atoms with Crippen LogP contribution in [0.2, 0.25) is 0 Å². The van der Waals surface area contributed by atoms with E-state index in [0.29, 0.717) is 12.6 Å². The number of hydrogen-bond acceptors (Lipinski definition) is 5. The van der Waals surface area contributed by atoms with Crippen molar-refractivity contribution in [2.24, 2.45) is 12.0 Å². The van der Waals surface area contributed by atoms with Crippen molar-refractivity contribution < 1.29 is 0 Å². The third kappa shape index (κ3) is 7.85. The molecule has 1 aromatic heterocycles. The summed E-state index contributed by atoms with van der Waals surface area (Å²) in [6.07, 6.45) is 12.8. The quantitative estimate of drug-likeness (QED) is 0.225. The molecule has 1 saturated heterocycles. The van der Waals surface area contributed by atoms with Gasteiger partial charge in [-0.3, -0.25) is 0 Å². The van der Waals surface area contributed by atoms with Crippen molar-refractivity contribution in [1.29, 1.82) is 0 Å². The molecular formula is C21H40IN7S. The first-order valence-corrected chi connectivity index (χ1v) is 12.7. The Kier molecular flexibility index (Phi) is 11.8. The van der Waals surface area contributed by atoms with Gasteiger partial charge in [-0.2, -0.15) is 11.8 Å². The molecule has 172 valence electrons. The Morgan fingerprint density at radius 2 is 1.87 bits per heavy atom. The minimum absolute atomic E-state index is 0. The molecule has 1 aromatic rings. The molecule has 1 aliphatic heterocycles. The first-order valence-electron chi connectivity index (χ1n) is 11.3. The second-order valence-corrected chi connectivity index (χ2v) is 9.39. The highest BCUT2D eigenvalue weighted by atomic mass is 127. The van der Waals surface area contributed by atoms with Crippen LogP contribution in [0.4, 0.5) is 0 Å². The number of hydrogen-bond donors (Lipinski definition) is 2. The van der Waals surface area contributed by atoms with Crippen LogP contribution in [-0.2, 0) is 13.6 Å². The van der Waals surface area contributed by atoms with Gasteiger partial charge in [-0.15, -0.1) is 34.2 Å². The average molecular weight is 550 g/mol. The number of rotatable bonds is 8. The Morgan fingerprint density at radius 1 is 1.13 bits per heavy atom. The predicted octanol–water partition coefficient (Wildman–Crippen LogP) is 3.33. The number of aliphatic imine (C=N–C) groups is 1. The molecule has 0 radical (unpaired) electrons. The lowest BCUT2D eigenvalue weighted by Gasteiger charge is -2.39. The summed E-state index contributed by atoms with van der Waals surface area (Å²) in [5.74, 6) is 3.91. The van der Waals surface area contributed by atoms with Crippen LogP contribution in [0.3, 0.4) is 0 Å². The second kappa shape index (κ2) is 13.8. The first-order chi connectivity index (χ1) is 14.2. The zero-order valence-corrected chi connectivity index (χ0v) is 22.0. The number of aromatic nitrogens is 3. The Hall–Kier alpha value is -0.550. The second-order valence-electron chi connectivity index (χ2n) is 8.41. The molecule has 0 atom stereocenters. The van der Waals surface area contributed by atoms with Crippen LogP contribution in [-0.4, -0.2) is 69.4 Å². The van der Waals surface area contributed by atoms with E-state index in [-0.39, 0.29) is 24.0 Å². The molecular weight excluding hydrogens is 509 g/mol. The van der Waals surface area contributed by atoms with Gasteiger partial charge >= 0.3 is 0 Å². The third-order valence-electron chi connectivity index (χ3n) is 6.34. The number of nitrogens with zero attached hydrogens (tertiary/aromatic N) is 5. The number of thioether (sulfide) groups is 1. The number of likely N-dealkylation sites (tertiary alicyclic amines) is 1. The predicted molar refractivity (Wildman–Crippen MR) is 138 cm³/mol. The van der Waals surface area contributed by atoms with Crippen molar-refractivity contribution in [3.8, 4) is 0 Å². The average Bonchev–Trinajstić information content (AvgIpc) is 3.08. The maximum absolute atomic E-state index is 4.82. The van der Waals surface area contributed by atoms with Crippen molar-refractivity contribution in [3.63, 3.8) is 0 Å². The molecule has 2 N–H and O–H groups in total. The van der Waals surface area contributed by atoms with E-state index in [1.54, 1.807) is 0 Å². The normalized spacial score (nSPS) is 19.5. The number of piperidine rings is 1. The molecule has 2 heterocycles. The molecule has 0 amide bonds. The van der Waals surface area contributed by atoms with Crippen LogP contribution in [0.25, 0.3) is 0 Å². The summed E-state index contributed by atoms with van der Waals surface area (Å²) in [4.78, 5) is 7.56. The lowest BCUT2D eigenvalue weighted by atomic mass is 9.92. The van der Waals surface area contributed by atoms with Gasteiger partial charge in [-0.25, -0.2) is 4.99 Å². The van der Waals surface area contributed by atoms with Gasteiger partial charge in [0.1, 0.15) is 12.4 Å². The monoisotopic (exact) mass is 549 g/mol. The smallest absolute Gasteiger partial charge is 0.191 e. The van der Waals surface area contributed by atoms with Crippen LogP contribution in [0.15, 0.2) is 4.99 Å². The summed E-state index contributed by atoms with van der Waals surface area (Å²) >= 11 is 1.89. The van der Waals surface area contributed by atoms with Crippen LogP contribution in [0.5, 0.6) is 0 Å². The fourth-order valence-corrected chi connectivity index (χ4v) is 4.80. The fourth-order valence-electron chi connectivity index (χ4n) is 4.36. The van der Waals surface area contributed by atoms with E-state index in [1.165, 1.54) is 63.8 Å². The van der Waals surface area contributed by atoms with Crippen molar-refractivity contribution >= 4 is 41.7 Å². The Bertz CT molecular complexity index is 637. The summed E-state index contributed by atoms with van der Waals surface area (Å²) < 4.78 is 2.01. The number of aryl methyl sites for hydroxylation is 1. The molecule has 3 rings (SSSR count). The Morgan fingerprint density at radius 3 is 2.50 bits per heavy atom. The minimum Gasteiger partial charge on any atom is -0.356 e. The fraction of sp³-hybridized carbons (Fsp3) is 0.857. The SMILES string of the molecule is CSCCCNC(=NCc1nnc(C)n1C)NC1CCN(C2CCCCC2)CC1.I. The third-order valence-corrected chi connectivity index (χ3v) is 7.04. The molecule has 30 heavy (non-hydrogen) atoms. The van der Waals surface area contributed by atoms with Crippen molar-refractivity contribution in [3.05, 3.63) is 11.6 Å². The first kappa shape index (κ1) is 25.7. The van der Waals surface area contributed by atoms with Gasteiger partial charge in [0.05, 0.1) is 0 Å². The summed E-state index contributed by atoms with van der Waals surface area (Å²) in [5, 5.41) is 15.6. The number of halogens is 1. The molecule has 9 heteroatoms. The maximum atomic E-state index is 4.82. The molecule has 7 nitrogen and oxygen atoms in total. The lowest BCUT2D eigenvalue weighted by Crippen LogP contribution is -2.51. The highest BCUT2D eigenvalue weighted by Gasteiger charge is 2.26. The largest absolute Gasteiger partial charge is 0.356 e. The van der Waals surface area contributed by atoms with Gasteiger partial charge in [-0.1, -0.05) is 19.3 Å². The van der Waals surface area contributed by atoms with E-state index < -0.39 is 0 Å². The van der Waals surface area contributed by atoms with Crippen LogP contribution in [0.1, 0.15) is 63.0 Å². The Labute approximate surface area is 203 Å². The molecule has 0 bridgehead atoms. The molecule has 1 saturated carbocycles. The maximum Gasteiger partial charge on any atom is 0.191 e. The lowest BCUT2D eigenvalue weighted by molar-refractivity contribution is 0.119. The molecule has 2 fully saturated rings. The van der Waals surface area contributed by atoms with Gasteiger partial charge in [0.2, 0.25) is 0 Å². The van der Waals surface area contributed by atoms with E-state index in [0.717, 1.165) is 36.6 Å². The van der Waals surface area contributed by atoms with Crippen molar-refractivity contribution in [2.75, 3.05) is 31.6 Å². The van der Waals surface area contributed by atoms with Crippen LogP contribution < -0.4 is 10.6 Å².